The van der Waals surface area contributed by atoms with E-state index >= 15 is 0 Å². The summed E-state index contributed by atoms with van der Waals surface area (Å²) in [6, 6.07) is 14.6. The number of methoxy groups -OCH3 is 1. The molecule has 1 amide bonds. The van der Waals surface area contributed by atoms with Crippen LogP contribution in [-0.4, -0.2) is 34.3 Å². The van der Waals surface area contributed by atoms with Crippen molar-refractivity contribution in [1.82, 2.24) is 9.59 Å². The second-order valence-corrected chi connectivity index (χ2v) is 8.15. The van der Waals surface area contributed by atoms with E-state index in [9.17, 15) is 9.59 Å². The van der Waals surface area contributed by atoms with Crippen LogP contribution < -0.4 is 5.32 Å². The van der Waals surface area contributed by atoms with Crippen molar-refractivity contribution in [2.24, 2.45) is 0 Å². The first-order valence-corrected chi connectivity index (χ1v) is 10.3. The number of benzene rings is 2. The Labute approximate surface area is 172 Å². The zero-order valence-electron chi connectivity index (χ0n) is 14.1. The highest BCUT2D eigenvalue weighted by Gasteiger charge is 2.14. The van der Waals surface area contributed by atoms with E-state index < -0.39 is 5.97 Å². The molecule has 0 atom stereocenters. The largest absolute Gasteiger partial charge is 0.465 e. The zero-order chi connectivity index (χ0) is 19.2. The van der Waals surface area contributed by atoms with E-state index in [-0.39, 0.29) is 11.7 Å². The molecule has 1 heterocycles. The Morgan fingerprint density at radius 1 is 1.22 bits per heavy atom. The highest BCUT2D eigenvalue weighted by Crippen LogP contribution is 2.32. The summed E-state index contributed by atoms with van der Waals surface area (Å²) in [5.41, 5.74) is 2.73. The molecule has 27 heavy (non-hydrogen) atoms. The summed E-state index contributed by atoms with van der Waals surface area (Å²) >= 11 is 6.01. The van der Waals surface area contributed by atoms with Crippen LogP contribution in [0.2, 0.25) is 0 Å². The first-order valence-electron chi connectivity index (χ1n) is 7.76. The molecule has 3 aromatic rings. The molecule has 138 valence electrons. The Hall–Kier alpha value is -2.23. The van der Waals surface area contributed by atoms with Crippen LogP contribution >= 0.6 is 39.2 Å². The number of thioether (sulfide) groups is 1. The molecule has 0 aliphatic rings. The molecular weight excluding hydrogens is 450 g/mol. The average Bonchev–Trinajstić information content (AvgIpc) is 3.16. The van der Waals surface area contributed by atoms with Crippen LogP contribution in [0.1, 0.15) is 10.4 Å². The summed E-state index contributed by atoms with van der Waals surface area (Å²) < 4.78 is 10.2. The van der Waals surface area contributed by atoms with Gasteiger partial charge in [-0.3, -0.25) is 4.79 Å². The molecule has 1 N–H and O–H groups in total. The van der Waals surface area contributed by atoms with Gasteiger partial charge < -0.3 is 10.1 Å². The van der Waals surface area contributed by atoms with Crippen LogP contribution in [-0.2, 0) is 9.53 Å². The second kappa shape index (κ2) is 9.12. The Balaban J connectivity index is 1.63. The third kappa shape index (κ3) is 4.94. The Bertz CT molecular complexity index is 963. The van der Waals surface area contributed by atoms with E-state index in [1.807, 2.05) is 30.3 Å². The quantitative estimate of drug-likeness (QED) is 0.428. The molecule has 0 saturated carbocycles. The lowest BCUT2D eigenvalue weighted by Gasteiger charge is -2.08. The molecule has 3 rings (SSSR count). The van der Waals surface area contributed by atoms with Gasteiger partial charge in [0.05, 0.1) is 24.1 Å². The van der Waals surface area contributed by atoms with Gasteiger partial charge in [-0.2, -0.15) is 0 Å². The third-order valence-electron chi connectivity index (χ3n) is 3.50. The number of ether oxygens (including phenoxy) is 1. The maximum atomic E-state index is 12.3. The highest BCUT2D eigenvalue weighted by atomic mass is 79.9. The SMILES string of the molecule is COC(=O)c1ccc(NC(=O)CSc2snnc2-c2ccccc2)c(Br)c1. The number of anilines is 1. The maximum absolute atomic E-state index is 12.3. The number of nitrogens with zero attached hydrogens (tertiary/aromatic N) is 2. The van der Waals surface area contributed by atoms with Crippen molar-refractivity contribution < 1.29 is 14.3 Å². The predicted molar refractivity (Wildman–Crippen MR) is 110 cm³/mol. The van der Waals surface area contributed by atoms with Crippen LogP contribution in [0, 0.1) is 0 Å². The zero-order valence-corrected chi connectivity index (χ0v) is 17.4. The lowest BCUT2D eigenvalue weighted by Crippen LogP contribution is -2.14. The van der Waals surface area contributed by atoms with Gasteiger partial charge in [0.25, 0.3) is 0 Å². The number of nitrogens with one attached hydrogen (secondary N) is 1. The molecule has 0 fully saturated rings. The molecule has 0 aliphatic carbocycles. The summed E-state index contributed by atoms with van der Waals surface area (Å²) in [4.78, 5) is 23.8. The van der Waals surface area contributed by atoms with E-state index in [1.165, 1.54) is 30.4 Å². The van der Waals surface area contributed by atoms with Gasteiger partial charge in [0.15, 0.2) is 0 Å². The summed E-state index contributed by atoms with van der Waals surface area (Å²) in [5, 5.41) is 6.98. The van der Waals surface area contributed by atoms with E-state index in [0.717, 1.165) is 15.5 Å². The predicted octanol–water partition coefficient (Wildman–Crippen LogP) is 4.49. The highest BCUT2D eigenvalue weighted by molar-refractivity contribution is 9.10. The number of hydrogen-bond acceptors (Lipinski definition) is 7. The molecular formula is C18H14BrN3O3S2. The third-order valence-corrected chi connectivity index (χ3v) is 6.12. The van der Waals surface area contributed by atoms with E-state index in [2.05, 4.69) is 35.6 Å². The molecule has 0 unspecified atom stereocenters. The number of aromatic nitrogens is 2. The monoisotopic (exact) mass is 463 g/mol. The molecule has 6 nitrogen and oxygen atoms in total. The maximum Gasteiger partial charge on any atom is 0.337 e. The Kier molecular flexibility index (Phi) is 6.59. The molecule has 0 spiro atoms. The van der Waals surface area contributed by atoms with Crippen LogP contribution in [0.25, 0.3) is 11.3 Å². The molecule has 9 heteroatoms. The van der Waals surface area contributed by atoms with Crippen molar-refractivity contribution in [3.63, 3.8) is 0 Å². The van der Waals surface area contributed by atoms with Crippen LogP contribution in [0.15, 0.2) is 57.2 Å². The minimum Gasteiger partial charge on any atom is -0.465 e. The summed E-state index contributed by atoms with van der Waals surface area (Å²) in [6.45, 7) is 0. The van der Waals surface area contributed by atoms with Crippen molar-refractivity contribution in [2.75, 3.05) is 18.2 Å². The van der Waals surface area contributed by atoms with Gasteiger partial charge in [-0.15, -0.1) is 16.9 Å². The lowest BCUT2D eigenvalue weighted by atomic mass is 10.2. The number of carbonyl (C=O) groups is 2. The molecule has 2 aromatic carbocycles. The summed E-state index contributed by atoms with van der Waals surface area (Å²) in [7, 11) is 1.32. The van der Waals surface area contributed by atoms with Crippen LogP contribution in [0.3, 0.4) is 0 Å². The number of hydrogen-bond donors (Lipinski definition) is 1. The van der Waals surface area contributed by atoms with Gasteiger partial charge in [0, 0.05) is 10.0 Å². The fourth-order valence-corrected chi connectivity index (χ4v) is 4.26. The van der Waals surface area contributed by atoms with Gasteiger partial charge in [0.2, 0.25) is 5.91 Å². The van der Waals surface area contributed by atoms with Crippen molar-refractivity contribution in [1.29, 1.82) is 0 Å². The molecule has 1 aromatic heterocycles. The number of carbonyl (C=O) groups excluding carboxylic acids is 2. The first kappa shape index (κ1) is 19.5. The standard InChI is InChI=1S/C18H14BrN3O3S2/c1-25-17(24)12-7-8-14(13(19)9-12)20-15(23)10-26-18-16(21-22-27-18)11-5-3-2-4-6-11/h2-9H,10H2,1H3,(H,20,23). The lowest BCUT2D eigenvalue weighted by molar-refractivity contribution is -0.113. The minimum absolute atomic E-state index is 0.168. The number of halogens is 1. The summed E-state index contributed by atoms with van der Waals surface area (Å²) in [6.07, 6.45) is 0. The van der Waals surface area contributed by atoms with E-state index in [0.29, 0.717) is 15.7 Å². The van der Waals surface area contributed by atoms with Crippen molar-refractivity contribution in [3.8, 4) is 11.3 Å². The second-order valence-electron chi connectivity index (χ2n) is 5.30. The van der Waals surface area contributed by atoms with Gasteiger partial charge in [-0.1, -0.05) is 34.8 Å². The van der Waals surface area contributed by atoms with Gasteiger partial charge in [-0.25, -0.2) is 4.79 Å². The fraction of sp³-hybridized carbons (Fsp3) is 0.111. The van der Waals surface area contributed by atoms with Gasteiger partial charge >= 0.3 is 5.97 Å². The van der Waals surface area contributed by atoms with Crippen molar-refractivity contribution in [3.05, 3.63) is 58.6 Å². The molecule has 0 aliphatic heterocycles. The van der Waals surface area contributed by atoms with Crippen molar-refractivity contribution >= 4 is 56.8 Å². The Morgan fingerprint density at radius 2 is 2.00 bits per heavy atom. The van der Waals surface area contributed by atoms with Gasteiger partial charge in [-0.05, 0) is 45.7 Å². The smallest absolute Gasteiger partial charge is 0.337 e. The molecule has 0 radical (unpaired) electrons. The molecule has 0 bridgehead atoms. The number of rotatable bonds is 6. The van der Waals surface area contributed by atoms with Crippen LogP contribution in [0.4, 0.5) is 5.69 Å². The van der Waals surface area contributed by atoms with E-state index in [4.69, 9.17) is 0 Å². The number of amides is 1. The summed E-state index contributed by atoms with van der Waals surface area (Å²) in [5.74, 6) is -0.385. The topological polar surface area (TPSA) is 81.2 Å². The molecule has 0 saturated heterocycles. The van der Waals surface area contributed by atoms with Crippen molar-refractivity contribution in [2.45, 2.75) is 4.21 Å². The minimum atomic E-state index is -0.435. The van der Waals surface area contributed by atoms with E-state index in [1.54, 1.807) is 18.2 Å². The average molecular weight is 464 g/mol. The van der Waals surface area contributed by atoms with Gasteiger partial charge in [0.1, 0.15) is 9.90 Å². The fourth-order valence-electron chi connectivity index (χ4n) is 2.23. The number of esters is 1. The normalized spacial score (nSPS) is 10.4. The first-order chi connectivity index (χ1) is 13.1. The Morgan fingerprint density at radius 3 is 2.70 bits per heavy atom. The van der Waals surface area contributed by atoms with Crippen LogP contribution in [0.5, 0.6) is 0 Å².